The third-order valence-electron chi connectivity index (χ3n) is 3.60. The predicted octanol–water partition coefficient (Wildman–Crippen LogP) is 0.793. The number of hydrogen-bond donors (Lipinski definition) is 2. The summed E-state index contributed by atoms with van der Waals surface area (Å²) < 4.78 is 0. The van der Waals surface area contributed by atoms with Crippen LogP contribution in [0.4, 0.5) is 5.95 Å². The van der Waals surface area contributed by atoms with Crippen molar-refractivity contribution in [2.24, 2.45) is 5.92 Å². The third-order valence-corrected chi connectivity index (χ3v) is 3.60. The van der Waals surface area contributed by atoms with Crippen molar-refractivity contribution < 1.29 is 5.11 Å². The van der Waals surface area contributed by atoms with E-state index in [1.807, 2.05) is 12.4 Å². The van der Waals surface area contributed by atoms with Crippen LogP contribution in [0.5, 0.6) is 0 Å². The average molecular weight is 250 g/mol. The number of nitrogens with zero attached hydrogens (tertiary/aromatic N) is 3. The van der Waals surface area contributed by atoms with Crippen LogP contribution in [0.3, 0.4) is 0 Å². The first kappa shape index (κ1) is 13.2. The van der Waals surface area contributed by atoms with E-state index in [2.05, 4.69) is 34.0 Å². The Morgan fingerprint density at radius 2 is 2.17 bits per heavy atom. The van der Waals surface area contributed by atoms with E-state index in [1.165, 1.54) is 0 Å². The van der Waals surface area contributed by atoms with Gasteiger partial charge in [0.2, 0.25) is 5.95 Å². The van der Waals surface area contributed by atoms with Gasteiger partial charge in [0, 0.05) is 31.0 Å². The van der Waals surface area contributed by atoms with E-state index in [4.69, 9.17) is 0 Å². The molecular weight excluding hydrogens is 228 g/mol. The summed E-state index contributed by atoms with van der Waals surface area (Å²) >= 11 is 0. The van der Waals surface area contributed by atoms with Gasteiger partial charge in [0.25, 0.3) is 0 Å². The summed E-state index contributed by atoms with van der Waals surface area (Å²) in [5.41, 5.74) is 1.09. The lowest BCUT2D eigenvalue weighted by Gasteiger charge is -2.25. The lowest BCUT2D eigenvalue weighted by molar-refractivity contribution is 0.244. The van der Waals surface area contributed by atoms with Crippen LogP contribution in [0.2, 0.25) is 0 Å². The molecule has 2 rings (SSSR count). The van der Waals surface area contributed by atoms with Crippen molar-refractivity contribution in [1.29, 1.82) is 0 Å². The van der Waals surface area contributed by atoms with E-state index in [1.54, 1.807) is 0 Å². The van der Waals surface area contributed by atoms with E-state index in [0.717, 1.165) is 37.6 Å². The van der Waals surface area contributed by atoms with Gasteiger partial charge in [0.1, 0.15) is 0 Å². The lowest BCUT2D eigenvalue weighted by Crippen LogP contribution is -2.36. The molecule has 0 amide bonds. The normalized spacial score (nSPS) is 23.6. The van der Waals surface area contributed by atoms with Crippen LogP contribution in [-0.4, -0.2) is 40.8 Å². The van der Waals surface area contributed by atoms with Crippen molar-refractivity contribution in [2.75, 3.05) is 24.6 Å². The minimum atomic E-state index is 0.157. The van der Waals surface area contributed by atoms with E-state index in [0.29, 0.717) is 5.92 Å². The minimum Gasteiger partial charge on any atom is -0.394 e. The summed E-state index contributed by atoms with van der Waals surface area (Å²) in [6, 6.07) is 0.157. The molecule has 0 radical (unpaired) electrons. The van der Waals surface area contributed by atoms with Gasteiger partial charge in [-0.25, -0.2) is 9.97 Å². The molecule has 1 aromatic rings. The quantitative estimate of drug-likeness (QED) is 0.809. The van der Waals surface area contributed by atoms with Crippen LogP contribution in [0.25, 0.3) is 0 Å². The van der Waals surface area contributed by atoms with Crippen molar-refractivity contribution in [3.05, 3.63) is 18.0 Å². The van der Waals surface area contributed by atoms with E-state index >= 15 is 0 Å². The topological polar surface area (TPSA) is 61.3 Å². The highest BCUT2D eigenvalue weighted by Crippen LogP contribution is 2.26. The highest BCUT2D eigenvalue weighted by molar-refractivity contribution is 5.34. The van der Waals surface area contributed by atoms with Crippen LogP contribution in [-0.2, 0) is 6.54 Å². The second-order valence-corrected chi connectivity index (χ2v) is 4.88. The molecule has 2 heterocycles. The fraction of sp³-hybridized carbons (Fsp3) is 0.692. The molecule has 1 fully saturated rings. The largest absolute Gasteiger partial charge is 0.394 e. The molecule has 1 aliphatic rings. The first-order valence-corrected chi connectivity index (χ1v) is 6.65. The van der Waals surface area contributed by atoms with Crippen molar-refractivity contribution in [3.63, 3.8) is 0 Å². The summed E-state index contributed by atoms with van der Waals surface area (Å²) in [5.74, 6) is 1.23. The van der Waals surface area contributed by atoms with Crippen LogP contribution < -0.4 is 10.2 Å². The molecule has 0 saturated carbocycles. The minimum absolute atomic E-state index is 0.157. The molecular formula is C13H22N4O. The number of aromatic nitrogens is 2. The standard InChI is InChI=1S/C13H22N4O/c1-3-14-6-11-7-15-13(16-8-11)17-5-4-10(2)12(17)9-18/h7-8,10,12,14,18H,3-6,9H2,1-2H3. The molecule has 2 N–H and O–H groups in total. The first-order valence-electron chi connectivity index (χ1n) is 6.65. The maximum atomic E-state index is 9.43. The van der Waals surface area contributed by atoms with Crippen LogP contribution in [0.1, 0.15) is 25.8 Å². The summed E-state index contributed by atoms with van der Waals surface area (Å²) in [6.07, 6.45) is 4.82. The molecule has 100 valence electrons. The number of rotatable bonds is 5. The SMILES string of the molecule is CCNCc1cnc(N2CCC(C)C2CO)nc1. The van der Waals surface area contributed by atoms with Crippen LogP contribution >= 0.6 is 0 Å². The molecule has 5 heteroatoms. The van der Waals surface area contributed by atoms with Crippen molar-refractivity contribution in [2.45, 2.75) is 32.9 Å². The Hall–Kier alpha value is -1.20. The van der Waals surface area contributed by atoms with Gasteiger partial charge in [0.15, 0.2) is 0 Å². The van der Waals surface area contributed by atoms with Gasteiger partial charge in [-0.15, -0.1) is 0 Å². The number of anilines is 1. The molecule has 0 bridgehead atoms. The second kappa shape index (κ2) is 6.11. The Bertz CT molecular complexity index is 368. The maximum absolute atomic E-state index is 9.43. The highest BCUT2D eigenvalue weighted by atomic mass is 16.3. The average Bonchev–Trinajstić information content (AvgIpc) is 2.78. The third kappa shape index (κ3) is 2.79. The lowest BCUT2D eigenvalue weighted by atomic mass is 10.0. The molecule has 2 atom stereocenters. The van der Waals surface area contributed by atoms with Crippen molar-refractivity contribution >= 4 is 5.95 Å². The van der Waals surface area contributed by atoms with Gasteiger partial charge in [-0.2, -0.15) is 0 Å². The zero-order valence-electron chi connectivity index (χ0n) is 11.1. The summed E-state index contributed by atoms with van der Waals surface area (Å²) in [6.45, 7) is 7.09. The Balaban J connectivity index is 2.05. The molecule has 1 aromatic heterocycles. The van der Waals surface area contributed by atoms with Gasteiger partial charge < -0.3 is 15.3 Å². The van der Waals surface area contributed by atoms with Crippen molar-refractivity contribution in [1.82, 2.24) is 15.3 Å². The van der Waals surface area contributed by atoms with E-state index < -0.39 is 0 Å². The number of nitrogens with one attached hydrogen (secondary N) is 1. The molecule has 5 nitrogen and oxygen atoms in total. The first-order chi connectivity index (χ1) is 8.76. The van der Waals surface area contributed by atoms with Crippen LogP contribution in [0, 0.1) is 5.92 Å². The van der Waals surface area contributed by atoms with Gasteiger partial charge in [-0.3, -0.25) is 0 Å². The molecule has 0 spiro atoms. The van der Waals surface area contributed by atoms with Crippen LogP contribution in [0.15, 0.2) is 12.4 Å². The van der Waals surface area contributed by atoms with Gasteiger partial charge in [-0.1, -0.05) is 13.8 Å². The van der Waals surface area contributed by atoms with Gasteiger partial charge in [-0.05, 0) is 18.9 Å². The van der Waals surface area contributed by atoms with E-state index in [9.17, 15) is 5.11 Å². The summed E-state index contributed by atoms with van der Waals surface area (Å²) in [5, 5.41) is 12.7. The molecule has 0 aliphatic carbocycles. The molecule has 2 unspecified atom stereocenters. The Labute approximate surface area is 108 Å². The Morgan fingerprint density at radius 1 is 1.44 bits per heavy atom. The van der Waals surface area contributed by atoms with Gasteiger partial charge >= 0.3 is 0 Å². The zero-order chi connectivity index (χ0) is 13.0. The summed E-state index contributed by atoms with van der Waals surface area (Å²) in [7, 11) is 0. The predicted molar refractivity (Wildman–Crippen MR) is 71.4 cm³/mol. The smallest absolute Gasteiger partial charge is 0.225 e. The number of aliphatic hydroxyl groups is 1. The van der Waals surface area contributed by atoms with Crippen molar-refractivity contribution in [3.8, 4) is 0 Å². The Kier molecular flexibility index (Phi) is 4.49. The maximum Gasteiger partial charge on any atom is 0.225 e. The molecule has 1 aliphatic heterocycles. The van der Waals surface area contributed by atoms with E-state index in [-0.39, 0.29) is 12.6 Å². The summed E-state index contributed by atoms with van der Waals surface area (Å²) in [4.78, 5) is 10.9. The zero-order valence-corrected chi connectivity index (χ0v) is 11.1. The monoisotopic (exact) mass is 250 g/mol. The number of hydrogen-bond acceptors (Lipinski definition) is 5. The molecule has 1 saturated heterocycles. The highest BCUT2D eigenvalue weighted by Gasteiger charge is 2.31. The molecule has 18 heavy (non-hydrogen) atoms. The number of aliphatic hydroxyl groups excluding tert-OH is 1. The van der Waals surface area contributed by atoms with Gasteiger partial charge in [0.05, 0.1) is 12.6 Å². The fourth-order valence-electron chi connectivity index (χ4n) is 2.39. The Morgan fingerprint density at radius 3 is 2.78 bits per heavy atom. The second-order valence-electron chi connectivity index (χ2n) is 4.88. The molecule has 0 aromatic carbocycles. The fourth-order valence-corrected chi connectivity index (χ4v) is 2.39.